The van der Waals surface area contributed by atoms with E-state index in [-0.39, 0.29) is 5.43 Å². The Hall–Kier alpha value is -1.32. The van der Waals surface area contributed by atoms with Crippen LogP contribution >= 0.6 is 24.0 Å². The average molecular weight is 347 g/mol. The van der Waals surface area contributed by atoms with Crippen LogP contribution in [0.15, 0.2) is 40.0 Å². The number of benzene rings is 2. The van der Waals surface area contributed by atoms with Crippen LogP contribution in [0.5, 0.6) is 0 Å². The van der Waals surface area contributed by atoms with E-state index >= 15 is 0 Å². The van der Waals surface area contributed by atoms with Gasteiger partial charge in [-0.05, 0) is 42.7 Å². The summed E-state index contributed by atoms with van der Waals surface area (Å²) in [6, 6.07) is 9.73. The predicted molar refractivity (Wildman–Crippen MR) is 110 cm³/mol. The van der Waals surface area contributed by atoms with Crippen LogP contribution in [0.2, 0.25) is 0 Å². The zero-order valence-electron chi connectivity index (χ0n) is 14.9. The summed E-state index contributed by atoms with van der Waals surface area (Å²) in [6.07, 6.45) is 0.922. The van der Waals surface area contributed by atoms with Gasteiger partial charge < -0.3 is 0 Å². The summed E-state index contributed by atoms with van der Waals surface area (Å²) in [5.74, 6) is 0. The number of aryl methyl sites for hydroxylation is 1. The lowest BCUT2D eigenvalue weighted by Crippen LogP contribution is -2.03. The third kappa shape index (κ3) is 3.78. The average Bonchev–Trinajstić information content (AvgIpc) is 2.61. The zero-order valence-corrected chi connectivity index (χ0v) is 16.6. The lowest BCUT2D eigenvalue weighted by Gasteiger charge is -2.11. The van der Waals surface area contributed by atoms with Crippen molar-refractivity contribution < 1.29 is 0 Å². The summed E-state index contributed by atoms with van der Waals surface area (Å²) < 4.78 is 2.17. The number of fused-ring (bicyclic) bond motifs is 2. The van der Waals surface area contributed by atoms with Crippen molar-refractivity contribution in [2.24, 2.45) is 0 Å². The highest BCUT2D eigenvalue weighted by Crippen LogP contribution is 2.32. The van der Waals surface area contributed by atoms with Gasteiger partial charge >= 0.3 is 0 Å². The van der Waals surface area contributed by atoms with Crippen molar-refractivity contribution in [2.75, 3.05) is 0 Å². The fourth-order valence-corrected chi connectivity index (χ4v) is 4.09. The molecule has 0 spiro atoms. The van der Waals surface area contributed by atoms with Crippen LogP contribution in [-0.2, 0) is 6.42 Å². The highest BCUT2D eigenvalue weighted by molar-refractivity contribution is 7.80. The van der Waals surface area contributed by atoms with E-state index in [0.717, 1.165) is 31.5 Å². The Balaban J connectivity index is 0.000000615. The van der Waals surface area contributed by atoms with Crippen molar-refractivity contribution in [1.82, 2.24) is 0 Å². The van der Waals surface area contributed by atoms with Gasteiger partial charge in [-0.25, -0.2) is 0 Å². The molecule has 3 rings (SSSR count). The van der Waals surface area contributed by atoms with Crippen LogP contribution in [-0.4, -0.2) is 0 Å². The van der Waals surface area contributed by atoms with Gasteiger partial charge in [-0.15, -0.1) is 24.0 Å². The maximum Gasteiger partial charge on any atom is 0.195 e. The third-order valence-electron chi connectivity index (χ3n) is 3.58. The number of hydrogen-bond acceptors (Lipinski definition) is 3. The van der Waals surface area contributed by atoms with Crippen molar-refractivity contribution in [1.29, 1.82) is 0 Å². The molecule has 0 fully saturated rings. The molecule has 0 radical (unpaired) electrons. The molecule has 0 aliphatic heterocycles. The molecule has 0 unspecified atom stereocenters. The zero-order chi connectivity index (χ0) is 17.6. The Morgan fingerprint density at radius 3 is 2.26 bits per heavy atom. The number of thiol groups is 1. The second-order valence-electron chi connectivity index (χ2n) is 4.66. The minimum Gasteiger partial charge on any atom is -0.289 e. The lowest BCUT2D eigenvalue weighted by atomic mass is 10.0. The van der Waals surface area contributed by atoms with Crippen molar-refractivity contribution >= 4 is 44.1 Å². The molecular weight excluding hydrogens is 320 g/mol. The first kappa shape index (κ1) is 19.7. The van der Waals surface area contributed by atoms with E-state index in [4.69, 9.17) is 0 Å². The first-order valence-electron chi connectivity index (χ1n) is 8.30. The lowest BCUT2D eigenvalue weighted by molar-refractivity contribution is 1.11. The van der Waals surface area contributed by atoms with Crippen molar-refractivity contribution in [3.05, 3.63) is 51.7 Å². The van der Waals surface area contributed by atoms with Crippen molar-refractivity contribution in [2.45, 2.75) is 52.9 Å². The summed E-state index contributed by atoms with van der Waals surface area (Å²) in [5.41, 5.74) is 2.55. The molecule has 0 aliphatic carbocycles. The maximum atomic E-state index is 12.6. The smallest absolute Gasteiger partial charge is 0.195 e. The minimum atomic E-state index is 0.120. The standard InChI is InChI=1S/C16H14OS2.2C2H6/c1-3-10-9(2)13(18)8-12-15(17)11-6-4-5-7-14(11)19-16(10)12;2*1-2/h4-8,18H,3H2,1-2H3;2*1-2H3. The largest absolute Gasteiger partial charge is 0.289 e. The van der Waals surface area contributed by atoms with Gasteiger partial charge in [-0.3, -0.25) is 4.79 Å². The molecule has 1 heterocycles. The van der Waals surface area contributed by atoms with Crippen LogP contribution in [0, 0.1) is 6.92 Å². The molecule has 0 saturated carbocycles. The van der Waals surface area contributed by atoms with Crippen molar-refractivity contribution in [3.8, 4) is 0 Å². The van der Waals surface area contributed by atoms with E-state index in [1.54, 1.807) is 11.3 Å². The summed E-state index contributed by atoms with van der Waals surface area (Å²) >= 11 is 6.21. The van der Waals surface area contributed by atoms with Crippen LogP contribution in [0.25, 0.3) is 20.2 Å². The topological polar surface area (TPSA) is 17.1 Å². The molecule has 124 valence electrons. The van der Waals surface area contributed by atoms with Gasteiger partial charge in [0.15, 0.2) is 5.43 Å². The Morgan fingerprint density at radius 1 is 1.04 bits per heavy atom. The van der Waals surface area contributed by atoms with Crippen LogP contribution < -0.4 is 5.43 Å². The fourth-order valence-electron chi connectivity index (χ4n) is 2.51. The first-order chi connectivity index (χ1) is 11.1. The molecule has 3 heteroatoms. The van der Waals surface area contributed by atoms with E-state index in [1.807, 2.05) is 58.0 Å². The molecule has 0 atom stereocenters. The SMILES string of the molecule is CC.CC.CCc1c(C)c(S)cc2c(=O)c3ccccc3sc12. The summed E-state index contributed by atoms with van der Waals surface area (Å²) in [6.45, 7) is 12.2. The minimum absolute atomic E-state index is 0.120. The summed E-state index contributed by atoms with van der Waals surface area (Å²) in [7, 11) is 0. The quantitative estimate of drug-likeness (QED) is 0.387. The molecule has 0 saturated heterocycles. The first-order valence-corrected chi connectivity index (χ1v) is 9.57. The van der Waals surface area contributed by atoms with E-state index in [0.29, 0.717) is 0 Å². The number of hydrogen-bond donors (Lipinski definition) is 1. The molecule has 0 bridgehead atoms. The second-order valence-corrected chi connectivity index (χ2v) is 6.19. The van der Waals surface area contributed by atoms with Gasteiger partial charge in [-0.1, -0.05) is 46.8 Å². The maximum absolute atomic E-state index is 12.6. The fraction of sp³-hybridized carbons (Fsp3) is 0.350. The normalized spacial score (nSPS) is 9.87. The number of rotatable bonds is 1. The molecule has 1 nitrogen and oxygen atoms in total. The Bertz CT molecular complexity index is 847. The van der Waals surface area contributed by atoms with Gasteiger partial charge in [0.1, 0.15) is 0 Å². The Morgan fingerprint density at radius 2 is 1.65 bits per heavy atom. The molecule has 1 aromatic heterocycles. The molecule has 23 heavy (non-hydrogen) atoms. The van der Waals surface area contributed by atoms with E-state index in [9.17, 15) is 4.79 Å². The van der Waals surface area contributed by atoms with Crippen LogP contribution in [0.1, 0.15) is 45.7 Å². The van der Waals surface area contributed by atoms with Gasteiger partial charge in [0.05, 0.1) is 0 Å². The molecular formula is C20H26OS2. The molecule has 2 aromatic carbocycles. The molecule has 3 aromatic rings. The Kier molecular flexibility index (Phi) is 7.80. The molecule has 0 N–H and O–H groups in total. The summed E-state index contributed by atoms with van der Waals surface area (Å²) in [5, 5.41) is 1.61. The van der Waals surface area contributed by atoms with Crippen molar-refractivity contribution in [3.63, 3.8) is 0 Å². The van der Waals surface area contributed by atoms with Gasteiger partial charge in [0, 0.05) is 25.1 Å². The highest BCUT2D eigenvalue weighted by atomic mass is 32.1. The highest BCUT2D eigenvalue weighted by Gasteiger charge is 2.12. The van der Waals surface area contributed by atoms with Gasteiger partial charge in [0.2, 0.25) is 0 Å². The van der Waals surface area contributed by atoms with Crippen LogP contribution in [0.3, 0.4) is 0 Å². The van der Waals surface area contributed by atoms with Gasteiger partial charge in [0.25, 0.3) is 0 Å². The van der Waals surface area contributed by atoms with E-state index < -0.39 is 0 Å². The van der Waals surface area contributed by atoms with Crippen LogP contribution in [0.4, 0.5) is 0 Å². The molecule has 0 aliphatic rings. The Labute approximate surface area is 148 Å². The molecule has 0 amide bonds. The third-order valence-corrected chi connectivity index (χ3v) is 5.29. The van der Waals surface area contributed by atoms with E-state index in [2.05, 4.69) is 26.5 Å². The predicted octanol–water partition coefficient (Wildman–Crippen LogP) is 6.63. The van der Waals surface area contributed by atoms with Gasteiger partial charge in [-0.2, -0.15) is 0 Å². The monoisotopic (exact) mass is 346 g/mol. The van der Waals surface area contributed by atoms with E-state index in [1.165, 1.54) is 11.1 Å². The second kappa shape index (κ2) is 9.09. The summed E-state index contributed by atoms with van der Waals surface area (Å²) in [4.78, 5) is 13.5.